The van der Waals surface area contributed by atoms with Crippen LogP contribution in [0.1, 0.15) is 113 Å². The Labute approximate surface area is 242 Å². The van der Waals surface area contributed by atoms with Crippen molar-refractivity contribution in [1.29, 1.82) is 0 Å². The van der Waals surface area contributed by atoms with Crippen LogP contribution in [0.4, 0.5) is 0 Å². The lowest BCUT2D eigenvalue weighted by atomic mass is 10.0. The summed E-state index contributed by atoms with van der Waals surface area (Å²) in [6, 6.07) is 9.37. The number of ether oxygens (including phenoxy) is 2. The molecule has 0 aliphatic rings. The highest BCUT2D eigenvalue weighted by Crippen LogP contribution is 2.28. The first-order valence-electron chi connectivity index (χ1n) is 14.2. The van der Waals surface area contributed by atoms with Gasteiger partial charge >= 0.3 is 0 Å². The maximum atomic E-state index is 12.6. The molecule has 0 atom stereocenters. The summed E-state index contributed by atoms with van der Waals surface area (Å²) in [5, 5.41) is 2.96. The van der Waals surface area contributed by atoms with E-state index in [9.17, 15) is 4.79 Å². The molecule has 2 rings (SSSR count). The van der Waals surface area contributed by atoms with Gasteiger partial charge in [0, 0.05) is 24.2 Å². The minimum atomic E-state index is -0.125. The molecule has 0 aliphatic heterocycles. The van der Waals surface area contributed by atoms with Crippen LogP contribution in [-0.4, -0.2) is 19.6 Å². The van der Waals surface area contributed by atoms with E-state index >= 15 is 0 Å². The monoisotopic (exact) mass is 624 g/mol. The van der Waals surface area contributed by atoms with Crippen LogP contribution in [0.25, 0.3) is 0 Å². The second-order valence-corrected chi connectivity index (χ2v) is 9.86. The summed E-state index contributed by atoms with van der Waals surface area (Å²) in [6.07, 6.45) is 22.7. The summed E-state index contributed by atoms with van der Waals surface area (Å²) >= 11 is 0. The number of amides is 1. The van der Waals surface area contributed by atoms with Gasteiger partial charge in [-0.05, 0) is 30.2 Å². The van der Waals surface area contributed by atoms with E-state index in [2.05, 4.69) is 12.2 Å². The Morgan fingerprint density at radius 1 is 0.784 bits per heavy atom. The molecular weight excluding hydrogens is 575 g/mol. The Morgan fingerprint density at radius 3 is 1.86 bits per heavy atom. The van der Waals surface area contributed by atoms with Crippen molar-refractivity contribution in [3.05, 3.63) is 53.9 Å². The molecule has 37 heavy (non-hydrogen) atoms. The number of hydrogen-bond acceptors (Lipinski definition) is 3. The molecule has 0 unspecified atom stereocenters. The molecule has 0 saturated carbocycles. The molecule has 1 heterocycles. The first-order valence-corrected chi connectivity index (χ1v) is 14.2. The number of rotatable bonds is 20. The van der Waals surface area contributed by atoms with Gasteiger partial charge in [-0.2, -0.15) is 0 Å². The number of aryl methyl sites for hydroxylation is 1. The van der Waals surface area contributed by atoms with E-state index in [1.807, 2.05) is 42.2 Å². The van der Waals surface area contributed by atoms with E-state index in [0.29, 0.717) is 30.2 Å². The van der Waals surface area contributed by atoms with Crippen LogP contribution in [0, 0.1) is 0 Å². The molecule has 1 aromatic carbocycles. The van der Waals surface area contributed by atoms with E-state index in [1.54, 1.807) is 19.2 Å². The van der Waals surface area contributed by atoms with Gasteiger partial charge < -0.3 is 38.8 Å². The van der Waals surface area contributed by atoms with Gasteiger partial charge in [-0.25, -0.2) is 4.57 Å². The molecule has 1 N–H and O–H groups in total. The van der Waals surface area contributed by atoms with Crippen LogP contribution in [0.5, 0.6) is 11.5 Å². The van der Waals surface area contributed by atoms with Gasteiger partial charge in [0.15, 0.2) is 23.9 Å². The van der Waals surface area contributed by atoms with Crippen molar-refractivity contribution in [3.8, 4) is 11.5 Å². The molecule has 0 bridgehead atoms. The number of carbonyl (C=O) groups is 1. The Morgan fingerprint density at radius 2 is 1.32 bits per heavy atom. The SMILES string of the molecule is CCCCCCCCCCCCCCCCOc1ccc(C(=O)NCc2cc[n+](C)cc2)cc1OC.[I-]. The van der Waals surface area contributed by atoms with Crippen molar-refractivity contribution >= 4 is 5.91 Å². The van der Waals surface area contributed by atoms with Crippen LogP contribution in [0.3, 0.4) is 0 Å². The summed E-state index contributed by atoms with van der Waals surface area (Å²) in [6.45, 7) is 3.44. The number of aromatic nitrogens is 1. The van der Waals surface area contributed by atoms with Gasteiger partial charge in [-0.1, -0.05) is 90.4 Å². The van der Waals surface area contributed by atoms with Gasteiger partial charge in [0.05, 0.1) is 13.7 Å². The average molecular weight is 625 g/mol. The van der Waals surface area contributed by atoms with Crippen LogP contribution in [0.15, 0.2) is 42.7 Å². The molecule has 0 radical (unpaired) electrons. The van der Waals surface area contributed by atoms with E-state index in [0.717, 1.165) is 12.0 Å². The minimum absolute atomic E-state index is 0. The van der Waals surface area contributed by atoms with Crippen molar-refractivity contribution in [2.24, 2.45) is 7.05 Å². The molecule has 1 aromatic heterocycles. The Bertz CT molecular complexity index is 858. The number of unbranched alkanes of at least 4 members (excludes halogenated alkanes) is 13. The molecule has 208 valence electrons. The van der Waals surface area contributed by atoms with E-state index in [-0.39, 0.29) is 29.9 Å². The summed E-state index contributed by atoms with van der Waals surface area (Å²) < 4.78 is 13.4. The van der Waals surface area contributed by atoms with Gasteiger partial charge in [0.2, 0.25) is 0 Å². The lowest BCUT2D eigenvalue weighted by molar-refractivity contribution is -0.671. The number of nitrogens with zero attached hydrogens (tertiary/aromatic N) is 1. The van der Waals surface area contributed by atoms with E-state index < -0.39 is 0 Å². The van der Waals surface area contributed by atoms with Crippen molar-refractivity contribution < 1.29 is 42.8 Å². The second kappa shape index (κ2) is 21.1. The van der Waals surface area contributed by atoms with Crippen molar-refractivity contribution in [2.75, 3.05) is 13.7 Å². The number of hydrogen-bond donors (Lipinski definition) is 1. The Hall–Kier alpha value is -1.83. The van der Waals surface area contributed by atoms with E-state index in [1.165, 1.54) is 83.5 Å². The molecule has 1 amide bonds. The highest BCUT2D eigenvalue weighted by Gasteiger charge is 2.11. The number of pyridine rings is 1. The van der Waals surface area contributed by atoms with Crippen molar-refractivity contribution in [2.45, 2.75) is 103 Å². The lowest BCUT2D eigenvalue weighted by Gasteiger charge is -2.12. The standard InChI is InChI=1S/C31H48N2O3.HI/c1-4-5-6-7-8-9-10-11-12-13-14-15-16-17-24-36-29-19-18-28(25-30(29)35-3)31(34)32-26-27-20-22-33(2)23-21-27;/h18-23,25H,4-17,24,26H2,1-3H3;1H. The zero-order valence-electron chi connectivity index (χ0n) is 23.4. The van der Waals surface area contributed by atoms with Crippen LogP contribution in [-0.2, 0) is 13.6 Å². The van der Waals surface area contributed by atoms with E-state index in [4.69, 9.17) is 9.47 Å². The van der Waals surface area contributed by atoms with Crippen molar-refractivity contribution in [1.82, 2.24) is 5.32 Å². The summed E-state index contributed by atoms with van der Waals surface area (Å²) in [4.78, 5) is 12.6. The topological polar surface area (TPSA) is 51.4 Å². The number of carbonyl (C=O) groups excluding carboxylic acids is 1. The fourth-order valence-electron chi connectivity index (χ4n) is 4.34. The smallest absolute Gasteiger partial charge is 0.251 e. The molecule has 2 aromatic rings. The molecule has 6 heteroatoms. The molecule has 5 nitrogen and oxygen atoms in total. The third-order valence-corrected chi connectivity index (χ3v) is 6.68. The molecule has 0 fully saturated rings. The number of methoxy groups -OCH3 is 1. The fourth-order valence-corrected chi connectivity index (χ4v) is 4.34. The third kappa shape index (κ3) is 14.6. The fraction of sp³-hybridized carbons (Fsp3) is 0.613. The number of benzene rings is 1. The van der Waals surface area contributed by atoms with Gasteiger partial charge in [0.25, 0.3) is 5.91 Å². The largest absolute Gasteiger partial charge is 1.00 e. The quantitative estimate of drug-likeness (QED) is 0.136. The number of nitrogens with one attached hydrogen (secondary N) is 1. The zero-order chi connectivity index (χ0) is 25.8. The summed E-state index contributed by atoms with van der Waals surface area (Å²) in [5.41, 5.74) is 1.62. The lowest BCUT2D eigenvalue weighted by Crippen LogP contribution is -3.00. The maximum Gasteiger partial charge on any atom is 0.251 e. The first kappa shape index (κ1) is 33.2. The van der Waals surface area contributed by atoms with Gasteiger partial charge in [-0.3, -0.25) is 4.79 Å². The summed E-state index contributed by atoms with van der Waals surface area (Å²) in [7, 11) is 3.58. The highest BCUT2D eigenvalue weighted by atomic mass is 127. The normalized spacial score (nSPS) is 10.6. The molecule has 0 spiro atoms. The van der Waals surface area contributed by atoms with Gasteiger partial charge in [-0.15, -0.1) is 0 Å². The maximum absolute atomic E-state index is 12.6. The number of halogens is 1. The predicted molar refractivity (Wildman–Crippen MR) is 148 cm³/mol. The molecule has 0 saturated heterocycles. The third-order valence-electron chi connectivity index (χ3n) is 6.68. The highest BCUT2D eigenvalue weighted by molar-refractivity contribution is 5.94. The first-order chi connectivity index (χ1) is 17.6. The van der Waals surface area contributed by atoms with Gasteiger partial charge in [0.1, 0.15) is 7.05 Å². The Kier molecular flexibility index (Phi) is 19.0. The molecule has 0 aliphatic carbocycles. The van der Waals surface area contributed by atoms with Crippen LogP contribution < -0.4 is 43.3 Å². The summed E-state index contributed by atoms with van der Waals surface area (Å²) in [5.74, 6) is 1.17. The van der Waals surface area contributed by atoms with Crippen molar-refractivity contribution in [3.63, 3.8) is 0 Å². The molecular formula is C31H49IN2O3. The average Bonchev–Trinajstić information content (AvgIpc) is 2.90. The Balaban J connectivity index is 0.00000684. The predicted octanol–water partition coefficient (Wildman–Crippen LogP) is 4.31. The van der Waals surface area contributed by atoms with Crippen LogP contribution in [0.2, 0.25) is 0 Å². The zero-order valence-corrected chi connectivity index (χ0v) is 25.6. The van der Waals surface area contributed by atoms with Crippen LogP contribution >= 0.6 is 0 Å². The minimum Gasteiger partial charge on any atom is -1.00 e. The second-order valence-electron chi connectivity index (χ2n) is 9.86.